The van der Waals surface area contributed by atoms with Crippen LogP contribution in [0.3, 0.4) is 0 Å². The summed E-state index contributed by atoms with van der Waals surface area (Å²) in [7, 11) is 0. The molecule has 1 aromatic carbocycles. The number of phenols is 1. The van der Waals surface area contributed by atoms with Gasteiger partial charge in [0.2, 0.25) is 0 Å². The molecule has 0 fully saturated rings. The molecule has 1 aliphatic rings. The Morgan fingerprint density at radius 3 is 2.69 bits per heavy atom. The maximum atomic E-state index is 10.0. The Kier molecular flexibility index (Phi) is 3.17. The van der Waals surface area contributed by atoms with E-state index in [2.05, 4.69) is 19.2 Å². The SMILES string of the molecule is CC(C)N[C@@H]1Cc2cc(O)ccc2C[C@H]1O. The third kappa shape index (κ3) is 2.36. The Bertz CT molecular complexity index is 376. The molecular weight excluding hydrogens is 202 g/mol. The monoisotopic (exact) mass is 221 g/mol. The molecule has 16 heavy (non-hydrogen) atoms. The molecule has 0 saturated heterocycles. The van der Waals surface area contributed by atoms with Gasteiger partial charge in [0.05, 0.1) is 6.10 Å². The number of rotatable bonds is 2. The molecule has 3 heteroatoms. The summed E-state index contributed by atoms with van der Waals surface area (Å²) in [6, 6.07) is 5.84. The van der Waals surface area contributed by atoms with Crippen LogP contribution in [0, 0.1) is 0 Å². The van der Waals surface area contributed by atoms with Crippen molar-refractivity contribution in [3.05, 3.63) is 29.3 Å². The fourth-order valence-electron chi connectivity index (χ4n) is 2.34. The van der Waals surface area contributed by atoms with E-state index in [-0.39, 0.29) is 12.1 Å². The Hall–Kier alpha value is -1.06. The summed E-state index contributed by atoms with van der Waals surface area (Å²) in [5.74, 6) is 0.304. The van der Waals surface area contributed by atoms with Gasteiger partial charge in [0.15, 0.2) is 0 Å². The topological polar surface area (TPSA) is 52.5 Å². The molecule has 0 amide bonds. The molecule has 0 radical (unpaired) electrons. The van der Waals surface area contributed by atoms with Crippen molar-refractivity contribution in [2.24, 2.45) is 0 Å². The zero-order chi connectivity index (χ0) is 11.7. The maximum Gasteiger partial charge on any atom is 0.115 e. The van der Waals surface area contributed by atoms with Gasteiger partial charge >= 0.3 is 0 Å². The smallest absolute Gasteiger partial charge is 0.115 e. The number of nitrogens with one attached hydrogen (secondary N) is 1. The minimum atomic E-state index is -0.334. The van der Waals surface area contributed by atoms with Crippen LogP contribution in [0.5, 0.6) is 5.75 Å². The Morgan fingerprint density at radius 1 is 1.25 bits per heavy atom. The summed E-state index contributed by atoms with van der Waals surface area (Å²) in [6.07, 6.45) is 1.11. The minimum Gasteiger partial charge on any atom is -0.508 e. The first-order valence-electron chi connectivity index (χ1n) is 5.81. The van der Waals surface area contributed by atoms with Crippen LogP contribution in [0.2, 0.25) is 0 Å². The molecule has 3 N–H and O–H groups in total. The highest BCUT2D eigenvalue weighted by Gasteiger charge is 2.27. The molecule has 0 unspecified atom stereocenters. The van der Waals surface area contributed by atoms with E-state index in [1.807, 2.05) is 6.07 Å². The standard InChI is InChI=1S/C13H19NO2/c1-8(2)14-12-6-10-5-11(15)4-3-9(10)7-13(12)16/h3-5,8,12-16H,6-7H2,1-2H3/t12-,13-/m1/s1. The van der Waals surface area contributed by atoms with E-state index in [4.69, 9.17) is 0 Å². The second kappa shape index (κ2) is 4.44. The van der Waals surface area contributed by atoms with Crippen molar-refractivity contribution in [3.63, 3.8) is 0 Å². The molecule has 0 heterocycles. The Morgan fingerprint density at radius 2 is 2.00 bits per heavy atom. The fourth-order valence-corrected chi connectivity index (χ4v) is 2.34. The van der Waals surface area contributed by atoms with Crippen molar-refractivity contribution in [2.45, 2.75) is 44.9 Å². The van der Waals surface area contributed by atoms with Crippen LogP contribution in [0.25, 0.3) is 0 Å². The predicted molar refractivity (Wildman–Crippen MR) is 63.6 cm³/mol. The van der Waals surface area contributed by atoms with Crippen LogP contribution in [0.15, 0.2) is 18.2 Å². The Labute approximate surface area is 96.1 Å². The van der Waals surface area contributed by atoms with Crippen molar-refractivity contribution in [1.29, 1.82) is 0 Å². The summed E-state index contributed by atoms with van der Waals surface area (Å²) in [6.45, 7) is 4.15. The molecule has 0 spiro atoms. The second-order valence-corrected chi connectivity index (χ2v) is 4.86. The summed E-state index contributed by atoms with van der Waals surface area (Å²) in [4.78, 5) is 0. The van der Waals surface area contributed by atoms with Gasteiger partial charge in [0.1, 0.15) is 5.75 Å². The molecule has 1 aliphatic carbocycles. The lowest BCUT2D eigenvalue weighted by molar-refractivity contribution is 0.115. The van der Waals surface area contributed by atoms with Gasteiger partial charge in [-0.05, 0) is 29.7 Å². The van der Waals surface area contributed by atoms with Crippen LogP contribution in [0.1, 0.15) is 25.0 Å². The number of aliphatic hydroxyl groups excluding tert-OH is 1. The van der Waals surface area contributed by atoms with Crippen LogP contribution in [0.4, 0.5) is 0 Å². The number of hydrogen-bond donors (Lipinski definition) is 3. The van der Waals surface area contributed by atoms with Gasteiger partial charge in [-0.25, -0.2) is 0 Å². The van der Waals surface area contributed by atoms with Gasteiger partial charge in [-0.1, -0.05) is 19.9 Å². The number of phenolic OH excluding ortho intramolecular Hbond substituents is 1. The number of hydrogen-bond acceptors (Lipinski definition) is 3. The van der Waals surface area contributed by atoms with Gasteiger partial charge in [-0.3, -0.25) is 0 Å². The van der Waals surface area contributed by atoms with Crippen LogP contribution < -0.4 is 5.32 Å². The van der Waals surface area contributed by atoms with Crippen LogP contribution in [-0.4, -0.2) is 28.4 Å². The van der Waals surface area contributed by atoms with Gasteiger partial charge < -0.3 is 15.5 Å². The van der Waals surface area contributed by atoms with E-state index >= 15 is 0 Å². The molecule has 0 saturated carbocycles. The molecule has 1 aromatic rings. The van der Waals surface area contributed by atoms with Gasteiger partial charge in [-0.2, -0.15) is 0 Å². The number of fused-ring (bicyclic) bond motifs is 1. The van der Waals surface area contributed by atoms with Gasteiger partial charge in [0.25, 0.3) is 0 Å². The number of aromatic hydroxyl groups is 1. The Balaban J connectivity index is 2.19. The van der Waals surface area contributed by atoms with E-state index < -0.39 is 0 Å². The summed E-state index contributed by atoms with van der Waals surface area (Å²) >= 11 is 0. The fraction of sp³-hybridized carbons (Fsp3) is 0.538. The molecule has 2 atom stereocenters. The molecule has 0 aromatic heterocycles. The summed E-state index contributed by atoms with van der Waals surface area (Å²) in [5.41, 5.74) is 2.29. The first-order valence-corrected chi connectivity index (χ1v) is 5.81. The minimum absolute atomic E-state index is 0.0919. The third-order valence-electron chi connectivity index (χ3n) is 3.07. The van der Waals surface area contributed by atoms with Gasteiger partial charge in [0, 0.05) is 18.5 Å². The van der Waals surface area contributed by atoms with E-state index in [0.717, 1.165) is 17.5 Å². The highest BCUT2D eigenvalue weighted by atomic mass is 16.3. The molecule has 0 bridgehead atoms. The quantitative estimate of drug-likeness (QED) is 0.704. The number of aliphatic hydroxyl groups is 1. The van der Waals surface area contributed by atoms with Crippen molar-refractivity contribution < 1.29 is 10.2 Å². The van der Waals surface area contributed by atoms with Crippen molar-refractivity contribution in [2.75, 3.05) is 0 Å². The predicted octanol–water partition coefficient (Wildman–Crippen LogP) is 1.22. The van der Waals surface area contributed by atoms with Crippen molar-refractivity contribution in [1.82, 2.24) is 5.32 Å². The average Bonchev–Trinajstić information content (AvgIpc) is 2.19. The van der Waals surface area contributed by atoms with E-state index in [1.165, 1.54) is 0 Å². The molecule has 2 rings (SSSR count). The molecule has 0 aliphatic heterocycles. The first kappa shape index (κ1) is 11.4. The van der Waals surface area contributed by atoms with E-state index in [0.29, 0.717) is 18.2 Å². The van der Waals surface area contributed by atoms with E-state index in [9.17, 15) is 10.2 Å². The van der Waals surface area contributed by atoms with Gasteiger partial charge in [-0.15, -0.1) is 0 Å². The maximum absolute atomic E-state index is 10.0. The molecule has 88 valence electrons. The lowest BCUT2D eigenvalue weighted by atomic mass is 9.86. The lowest BCUT2D eigenvalue weighted by Gasteiger charge is -2.32. The summed E-state index contributed by atoms with van der Waals surface area (Å²) < 4.78 is 0. The zero-order valence-corrected chi connectivity index (χ0v) is 9.77. The molecular formula is C13H19NO2. The second-order valence-electron chi connectivity index (χ2n) is 4.86. The van der Waals surface area contributed by atoms with E-state index in [1.54, 1.807) is 12.1 Å². The zero-order valence-electron chi connectivity index (χ0n) is 9.77. The van der Waals surface area contributed by atoms with Crippen molar-refractivity contribution in [3.8, 4) is 5.75 Å². The van der Waals surface area contributed by atoms with Crippen molar-refractivity contribution >= 4 is 0 Å². The number of benzene rings is 1. The largest absolute Gasteiger partial charge is 0.508 e. The highest BCUT2D eigenvalue weighted by Crippen LogP contribution is 2.25. The van der Waals surface area contributed by atoms with Crippen LogP contribution >= 0.6 is 0 Å². The molecule has 3 nitrogen and oxygen atoms in total. The highest BCUT2D eigenvalue weighted by molar-refractivity contribution is 5.38. The first-order chi connectivity index (χ1) is 7.56. The lowest BCUT2D eigenvalue weighted by Crippen LogP contribution is -2.48. The average molecular weight is 221 g/mol. The normalized spacial score (nSPS) is 24.5. The summed E-state index contributed by atoms with van der Waals surface area (Å²) in [5, 5.41) is 22.8. The van der Waals surface area contributed by atoms with Crippen LogP contribution in [-0.2, 0) is 12.8 Å². The third-order valence-corrected chi connectivity index (χ3v) is 3.07.